The Balaban J connectivity index is 1.58. The van der Waals surface area contributed by atoms with Crippen LogP contribution in [0.25, 0.3) is 0 Å². The Morgan fingerprint density at radius 1 is 1.35 bits per heavy atom. The third-order valence-electron chi connectivity index (χ3n) is 4.59. The van der Waals surface area contributed by atoms with Crippen LogP contribution in [0, 0.1) is 6.92 Å². The molecule has 4 rings (SSSR count). The summed E-state index contributed by atoms with van der Waals surface area (Å²) in [6.07, 6.45) is 3.01. The van der Waals surface area contributed by atoms with Crippen molar-refractivity contribution in [3.8, 4) is 11.5 Å². The predicted octanol–water partition coefficient (Wildman–Crippen LogP) is 2.26. The molecule has 2 aromatic rings. The number of hydrogen-bond acceptors (Lipinski definition) is 4. The molecule has 0 spiro atoms. The molecule has 120 valence electrons. The highest BCUT2D eigenvalue weighted by Crippen LogP contribution is 2.34. The molecule has 1 amide bonds. The van der Waals surface area contributed by atoms with Crippen molar-refractivity contribution in [3.63, 3.8) is 0 Å². The topological polar surface area (TPSA) is 65.4 Å². The van der Waals surface area contributed by atoms with Crippen LogP contribution in [0.3, 0.4) is 0 Å². The molecule has 1 aliphatic carbocycles. The molecule has 0 radical (unpaired) electrons. The second-order valence-electron chi connectivity index (χ2n) is 6.06. The number of nitrogens with zero attached hydrogens (tertiary/aromatic N) is 2. The van der Waals surface area contributed by atoms with E-state index >= 15 is 0 Å². The van der Waals surface area contributed by atoms with E-state index in [1.54, 1.807) is 18.2 Å². The van der Waals surface area contributed by atoms with Crippen LogP contribution < -0.4 is 14.8 Å². The number of ether oxygens (including phenoxy) is 2. The molecule has 1 aromatic heterocycles. The molecule has 0 fully saturated rings. The summed E-state index contributed by atoms with van der Waals surface area (Å²) >= 11 is 0. The van der Waals surface area contributed by atoms with Crippen LogP contribution in [0.1, 0.15) is 46.2 Å². The monoisotopic (exact) mass is 313 g/mol. The number of nitrogens with one attached hydrogen (secondary N) is 1. The van der Waals surface area contributed by atoms with Crippen molar-refractivity contribution < 1.29 is 14.3 Å². The van der Waals surface area contributed by atoms with E-state index in [1.165, 1.54) is 11.3 Å². The van der Waals surface area contributed by atoms with Gasteiger partial charge in [0.1, 0.15) is 0 Å². The lowest BCUT2D eigenvalue weighted by molar-refractivity contribution is 0.0932. The maximum atomic E-state index is 12.6. The number of benzene rings is 1. The highest BCUT2D eigenvalue weighted by Gasteiger charge is 2.28. The Labute approximate surface area is 134 Å². The zero-order valence-corrected chi connectivity index (χ0v) is 13.3. The second kappa shape index (κ2) is 5.30. The Bertz CT molecular complexity index is 782. The molecule has 6 heteroatoms. The molecule has 0 saturated carbocycles. The quantitative estimate of drug-likeness (QED) is 0.923. The molecule has 2 aliphatic rings. The van der Waals surface area contributed by atoms with Gasteiger partial charge in [0.25, 0.3) is 5.91 Å². The van der Waals surface area contributed by atoms with Gasteiger partial charge in [0.05, 0.1) is 11.7 Å². The van der Waals surface area contributed by atoms with Gasteiger partial charge in [0.15, 0.2) is 11.5 Å². The van der Waals surface area contributed by atoms with Gasteiger partial charge >= 0.3 is 0 Å². The SMILES string of the molecule is Cc1nn(C)c2c1C(NC(=O)c1ccc3c(c1)OCO3)CCC2. The van der Waals surface area contributed by atoms with Crippen LogP contribution in [-0.2, 0) is 13.5 Å². The number of aromatic nitrogens is 2. The first-order valence-corrected chi connectivity index (χ1v) is 7.86. The van der Waals surface area contributed by atoms with Crippen molar-refractivity contribution in [3.05, 3.63) is 40.7 Å². The third-order valence-corrected chi connectivity index (χ3v) is 4.59. The van der Waals surface area contributed by atoms with Crippen molar-refractivity contribution in [2.45, 2.75) is 32.2 Å². The first-order chi connectivity index (χ1) is 11.1. The molecule has 1 aromatic carbocycles. The van der Waals surface area contributed by atoms with Crippen LogP contribution in [-0.4, -0.2) is 22.5 Å². The van der Waals surface area contributed by atoms with Gasteiger partial charge in [-0.05, 0) is 44.4 Å². The van der Waals surface area contributed by atoms with Gasteiger partial charge in [0.2, 0.25) is 6.79 Å². The van der Waals surface area contributed by atoms with Crippen LogP contribution in [0.5, 0.6) is 11.5 Å². The van der Waals surface area contributed by atoms with E-state index in [1.807, 2.05) is 18.7 Å². The molecule has 1 aliphatic heterocycles. The Morgan fingerprint density at radius 3 is 3.04 bits per heavy atom. The van der Waals surface area contributed by atoms with Crippen LogP contribution >= 0.6 is 0 Å². The zero-order valence-electron chi connectivity index (χ0n) is 13.3. The summed E-state index contributed by atoms with van der Waals surface area (Å²) in [6.45, 7) is 2.21. The van der Waals surface area contributed by atoms with E-state index in [9.17, 15) is 4.79 Å². The molecule has 6 nitrogen and oxygen atoms in total. The van der Waals surface area contributed by atoms with Gasteiger partial charge in [-0.2, -0.15) is 5.10 Å². The lowest BCUT2D eigenvalue weighted by atomic mass is 9.90. The Hall–Kier alpha value is -2.50. The minimum absolute atomic E-state index is 0.0189. The Kier molecular flexibility index (Phi) is 3.25. The highest BCUT2D eigenvalue weighted by atomic mass is 16.7. The average molecular weight is 313 g/mol. The fourth-order valence-electron chi connectivity index (χ4n) is 3.51. The summed E-state index contributed by atoms with van der Waals surface area (Å²) in [5.41, 5.74) is 3.98. The number of carbonyl (C=O) groups excluding carboxylic acids is 1. The number of carbonyl (C=O) groups is 1. The summed E-state index contributed by atoms with van der Waals surface area (Å²) in [5, 5.41) is 7.65. The third kappa shape index (κ3) is 2.34. The summed E-state index contributed by atoms with van der Waals surface area (Å²) in [4.78, 5) is 12.6. The zero-order chi connectivity index (χ0) is 16.0. The van der Waals surface area contributed by atoms with Crippen LogP contribution in [0.2, 0.25) is 0 Å². The lowest BCUT2D eigenvalue weighted by Gasteiger charge is -2.24. The van der Waals surface area contributed by atoms with E-state index in [-0.39, 0.29) is 18.7 Å². The standard InChI is InChI=1S/C17H19N3O3/c1-10-16-12(4-3-5-13(16)20(2)19-10)18-17(21)11-6-7-14-15(8-11)23-9-22-14/h6-8,12H,3-5,9H2,1-2H3,(H,18,21). The molecule has 0 bridgehead atoms. The second-order valence-corrected chi connectivity index (χ2v) is 6.06. The largest absolute Gasteiger partial charge is 0.454 e. The molecule has 2 heterocycles. The number of hydrogen-bond donors (Lipinski definition) is 1. The lowest BCUT2D eigenvalue weighted by Crippen LogP contribution is -2.31. The predicted molar refractivity (Wildman–Crippen MR) is 83.7 cm³/mol. The summed E-state index contributed by atoms with van der Waals surface area (Å²) in [6, 6.07) is 5.30. The summed E-state index contributed by atoms with van der Waals surface area (Å²) in [7, 11) is 1.97. The first-order valence-electron chi connectivity index (χ1n) is 7.86. The van der Waals surface area contributed by atoms with Crippen LogP contribution in [0.15, 0.2) is 18.2 Å². The first kappa shape index (κ1) is 14.1. The number of amides is 1. The Morgan fingerprint density at radius 2 is 2.17 bits per heavy atom. The van der Waals surface area contributed by atoms with E-state index in [4.69, 9.17) is 9.47 Å². The normalized spacial score (nSPS) is 18.6. The molecule has 1 N–H and O–H groups in total. The van der Waals surface area contributed by atoms with Gasteiger partial charge in [0, 0.05) is 23.9 Å². The van der Waals surface area contributed by atoms with Crippen molar-refractivity contribution in [2.75, 3.05) is 6.79 Å². The van der Waals surface area contributed by atoms with E-state index in [2.05, 4.69) is 10.4 Å². The maximum absolute atomic E-state index is 12.6. The van der Waals surface area contributed by atoms with Gasteiger partial charge in [-0.3, -0.25) is 9.48 Å². The smallest absolute Gasteiger partial charge is 0.251 e. The molecule has 0 saturated heterocycles. The fourth-order valence-corrected chi connectivity index (χ4v) is 3.51. The number of fused-ring (bicyclic) bond motifs is 2. The van der Waals surface area contributed by atoms with Crippen molar-refractivity contribution in [1.29, 1.82) is 0 Å². The van der Waals surface area contributed by atoms with Gasteiger partial charge < -0.3 is 14.8 Å². The summed E-state index contributed by atoms with van der Waals surface area (Å²) in [5.74, 6) is 1.22. The van der Waals surface area contributed by atoms with Gasteiger partial charge in [-0.1, -0.05) is 0 Å². The summed E-state index contributed by atoms with van der Waals surface area (Å²) < 4.78 is 12.6. The van der Waals surface area contributed by atoms with Crippen molar-refractivity contribution in [2.24, 2.45) is 7.05 Å². The van der Waals surface area contributed by atoms with E-state index in [0.717, 1.165) is 25.0 Å². The number of rotatable bonds is 2. The van der Waals surface area contributed by atoms with E-state index in [0.29, 0.717) is 17.1 Å². The van der Waals surface area contributed by atoms with E-state index < -0.39 is 0 Å². The molecule has 1 unspecified atom stereocenters. The maximum Gasteiger partial charge on any atom is 0.251 e. The minimum atomic E-state index is -0.0931. The average Bonchev–Trinajstić information content (AvgIpc) is 3.12. The van der Waals surface area contributed by atoms with Crippen molar-refractivity contribution in [1.82, 2.24) is 15.1 Å². The molecule has 1 atom stereocenters. The fraction of sp³-hybridized carbons (Fsp3) is 0.412. The molecular weight excluding hydrogens is 294 g/mol. The molecular formula is C17H19N3O3. The van der Waals surface area contributed by atoms with Crippen LogP contribution in [0.4, 0.5) is 0 Å². The highest BCUT2D eigenvalue weighted by molar-refractivity contribution is 5.95. The molecule has 23 heavy (non-hydrogen) atoms. The van der Waals surface area contributed by atoms with Crippen molar-refractivity contribution >= 4 is 5.91 Å². The number of aryl methyl sites for hydroxylation is 2. The van der Waals surface area contributed by atoms with Gasteiger partial charge in [-0.25, -0.2) is 0 Å². The minimum Gasteiger partial charge on any atom is -0.454 e. The van der Waals surface area contributed by atoms with Gasteiger partial charge in [-0.15, -0.1) is 0 Å².